The quantitative estimate of drug-likeness (QED) is 0.716. The van der Waals surface area contributed by atoms with E-state index in [2.05, 4.69) is 10.3 Å². The van der Waals surface area contributed by atoms with E-state index in [9.17, 15) is 4.79 Å². The first-order chi connectivity index (χ1) is 5.83. The summed E-state index contributed by atoms with van der Waals surface area (Å²) in [5.74, 6) is 0.0590. The second-order valence-corrected chi connectivity index (χ2v) is 2.49. The number of amides is 1. The van der Waals surface area contributed by atoms with Crippen molar-refractivity contribution in [2.45, 2.75) is 13.3 Å². The molecule has 0 bridgehead atoms. The maximum absolute atomic E-state index is 11.1. The van der Waals surface area contributed by atoms with Crippen molar-refractivity contribution in [2.24, 2.45) is 0 Å². The molecule has 0 aromatic carbocycles. The van der Waals surface area contributed by atoms with Crippen LogP contribution in [0.4, 0.5) is 0 Å². The van der Waals surface area contributed by atoms with Crippen LogP contribution in [0.3, 0.4) is 0 Å². The zero-order valence-corrected chi connectivity index (χ0v) is 7.08. The van der Waals surface area contributed by atoms with Gasteiger partial charge in [-0.05, 0) is 24.6 Å². The Balaban J connectivity index is 2.47. The predicted molar refractivity (Wildman–Crippen MR) is 46.6 cm³/mol. The van der Waals surface area contributed by atoms with Crippen molar-refractivity contribution in [3.8, 4) is 0 Å². The lowest BCUT2D eigenvalue weighted by atomic mass is 10.2. The van der Waals surface area contributed by atoms with Gasteiger partial charge in [-0.2, -0.15) is 0 Å². The highest BCUT2D eigenvalue weighted by molar-refractivity contribution is 5.78. The average Bonchev–Trinajstić information content (AvgIpc) is 2.06. The van der Waals surface area contributed by atoms with E-state index >= 15 is 0 Å². The van der Waals surface area contributed by atoms with Gasteiger partial charge in [0.05, 0.1) is 6.42 Å². The first kappa shape index (κ1) is 8.71. The molecule has 1 N–H and O–H groups in total. The van der Waals surface area contributed by atoms with Gasteiger partial charge in [0.15, 0.2) is 0 Å². The molecule has 0 aliphatic rings. The molecule has 0 radical (unpaired) electrons. The zero-order valence-electron chi connectivity index (χ0n) is 7.08. The molecular weight excluding hydrogens is 152 g/mol. The van der Waals surface area contributed by atoms with Crippen LogP contribution in [-0.2, 0) is 11.2 Å². The van der Waals surface area contributed by atoms with Crippen LogP contribution >= 0.6 is 0 Å². The number of carbonyl (C=O) groups is 1. The Morgan fingerprint density at radius 2 is 2.17 bits per heavy atom. The van der Waals surface area contributed by atoms with E-state index in [0.717, 1.165) is 5.56 Å². The minimum Gasteiger partial charge on any atom is -0.356 e. The zero-order chi connectivity index (χ0) is 8.81. The first-order valence-electron chi connectivity index (χ1n) is 3.98. The van der Waals surface area contributed by atoms with Crippen molar-refractivity contribution < 1.29 is 4.79 Å². The number of aromatic nitrogens is 1. The van der Waals surface area contributed by atoms with Crippen molar-refractivity contribution in [1.29, 1.82) is 0 Å². The number of carbonyl (C=O) groups excluding carboxylic acids is 1. The summed E-state index contributed by atoms with van der Waals surface area (Å²) in [6, 6.07) is 3.68. The lowest BCUT2D eigenvalue weighted by Crippen LogP contribution is -2.24. The predicted octanol–water partition coefficient (Wildman–Crippen LogP) is 0.760. The van der Waals surface area contributed by atoms with Crippen LogP contribution in [0.5, 0.6) is 0 Å². The fourth-order valence-corrected chi connectivity index (χ4v) is 0.946. The van der Waals surface area contributed by atoms with Crippen molar-refractivity contribution >= 4 is 5.91 Å². The Kier molecular flexibility index (Phi) is 3.26. The van der Waals surface area contributed by atoms with Gasteiger partial charge in [-0.15, -0.1) is 0 Å². The third kappa shape index (κ3) is 2.70. The average molecular weight is 164 g/mol. The van der Waals surface area contributed by atoms with Crippen LogP contribution in [-0.4, -0.2) is 17.4 Å². The van der Waals surface area contributed by atoms with Crippen LogP contribution in [0.15, 0.2) is 24.5 Å². The molecule has 0 aliphatic carbocycles. The summed E-state index contributed by atoms with van der Waals surface area (Å²) in [5, 5.41) is 2.73. The molecule has 0 unspecified atom stereocenters. The Labute approximate surface area is 71.8 Å². The number of hydrogen-bond donors (Lipinski definition) is 1. The fourth-order valence-electron chi connectivity index (χ4n) is 0.946. The van der Waals surface area contributed by atoms with Crippen LogP contribution in [0, 0.1) is 0 Å². The Bertz CT molecular complexity index is 246. The molecule has 64 valence electrons. The van der Waals surface area contributed by atoms with Crippen molar-refractivity contribution in [1.82, 2.24) is 10.3 Å². The van der Waals surface area contributed by atoms with E-state index in [1.54, 1.807) is 12.4 Å². The molecule has 0 spiro atoms. The number of nitrogens with one attached hydrogen (secondary N) is 1. The highest BCUT2D eigenvalue weighted by Crippen LogP contribution is 1.96. The van der Waals surface area contributed by atoms with E-state index in [-0.39, 0.29) is 5.91 Å². The molecule has 0 saturated carbocycles. The van der Waals surface area contributed by atoms with Crippen LogP contribution < -0.4 is 5.32 Å². The van der Waals surface area contributed by atoms with Crippen LogP contribution in [0.1, 0.15) is 12.5 Å². The van der Waals surface area contributed by atoms with E-state index in [4.69, 9.17) is 0 Å². The summed E-state index contributed by atoms with van der Waals surface area (Å²) < 4.78 is 0. The smallest absolute Gasteiger partial charge is 0.224 e. The van der Waals surface area contributed by atoms with E-state index in [1.807, 2.05) is 19.1 Å². The number of hydrogen-bond acceptors (Lipinski definition) is 2. The lowest BCUT2D eigenvalue weighted by molar-refractivity contribution is -0.120. The molecule has 1 aromatic heterocycles. The minimum atomic E-state index is 0.0590. The molecular formula is C9H12N2O. The SMILES string of the molecule is CCNC(=O)Cc1ccncc1. The lowest BCUT2D eigenvalue weighted by Gasteiger charge is -2.00. The van der Waals surface area contributed by atoms with Gasteiger partial charge < -0.3 is 5.32 Å². The van der Waals surface area contributed by atoms with E-state index in [0.29, 0.717) is 13.0 Å². The molecule has 0 saturated heterocycles. The molecule has 1 aromatic rings. The van der Waals surface area contributed by atoms with Gasteiger partial charge >= 0.3 is 0 Å². The monoisotopic (exact) mass is 164 g/mol. The van der Waals surface area contributed by atoms with Crippen molar-refractivity contribution in [3.63, 3.8) is 0 Å². The van der Waals surface area contributed by atoms with E-state index in [1.165, 1.54) is 0 Å². The topological polar surface area (TPSA) is 42.0 Å². The second-order valence-electron chi connectivity index (χ2n) is 2.49. The van der Waals surface area contributed by atoms with Gasteiger partial charge in [0.25, 0.3) is 0 Å². The number of pyridine rings is 1. The minimum absolute atomic E-state index is 0.0590. The normalized spacial score (nSPS) is 9.42. The van der Waals surface area contributed by atoms with Crippen LogP contribution in [0.25, 0.3) is 0 Å². The molecule has 3 heteroatoms. The second kappa shape index (κ2) is 4.49. The van der Waals surface area contributed by atoms with Gasteiger partial charge in [0.2, 0.25) is 5.91 Å². The molecule has 12 heavy (non-hydrogen) atoms. The fraction of sp³-hybridized carbons (Fsp3) is 0.333. The summed E-state index contributed by atoms with van der Waals surface area (Å²) in [6.07, 6.45) is 3.82. The van der Waals surface area contributed by atoms with Crippen LogP contribution in [0.2, 0.25) is 0 Å². The summed E-state index contributed by atoms with van der Waals surface area (Å²) in [4.78, 5) is 14.9. The van der Waals surface area contributed by atoms with Crippen molar-refractivity contribution in [2.75, 3.05) is 6.54 Å². The summed E-state index contributed by atoms with van der Waals surface area (Å²) in [5.41, 5.74) is 0.996. The van der Waals surface area contributed by atoms with Gasteiger partial charge in [-0.1, -0.05) is 0 Å². The third-order valence-electron chi connectivity index (χ3n) is 1.49. The number of likely N-dealkylation sites (N-methyl/N-ethyl adjacent to an activating group) is 1. The first-order valence-corrected chi connectivity index (χ1v) is 3.98. The molecule has 1 rings (SSSR count). The van der Waals surface area contributed by atoms with Gasteiger partial charge in [0, 0.05) is 18.9 Å². The third-order valence-corrected chi connectivity index (χ3v) is 1.49. The highest BCUT2D eigenvalue weighted by atomic mass is 16.1. The molecule has 0 aliphatic heterocycles. The molecule has 3 nitrogen and oxygen atoms in total. The molecule has 0 fully saturated rings. The molecule has 1 amide bonds. The molecule has 0 atom stereocenters. The summed E-state index contributed by atoms with van der Waals surface area (Å²) in [6.45, 7) is 2.59. The summed E-state index contributed by atoms with van der Waals surface area (Å²) in [7, 11) is 0. The standard InChI is InChI=1S/C9H12N2O/c1-2-11-9(12)7-8-3-5-10-6-4-8/h3-6H,2,7H2,1H3,(H,11,12). The number of nitrogens with zero attached hydrogens (tertiary/aromatic N) is 1. The van der Waals surface area contributed by atoms with Gasteiger partial charge in [-0.25, -0.2) is 0 Å². The highest BCUT2D eigenvalue weighted by Gasteiger charge is 1.99. The summed E-state index contributed by atoms with van der Waals surface area (Å²) >= 11 is 0. The number of rotatable bonds is 3. The molecule has 1 heterocycles. The van der Waals surface area contributed by atoms with Gasteiger partial charge in [0.1, 0.15) is 0 Å². The maximum atomic E-state index is 11.1. The Morgan fingerprint density at radius 1 is 1.50 bits per heavy atom. The van der Waals surface area contributed by atoms with Crippen molar-refractivity contribution in [3.05, 3.63) is 30.1 Å². The van der Waals surface area contributed by atoms with Gasteiger partial charge in [-0.3, -0.25) is 9.78 Å². The van der Waals surface area contributed by atoms with E-state index < -0.39 is 0 Å². The Morgan fingerprint density at radius 3 is 2.75 bits per heavy atom. The maximum Gasteiger partial charge on any atom is 0.224 e. The Hall–Kier alpha value is -1.38. The largest absolute Gasteiger partial charge is 0.356 e.